The summed E-state index contributed by atoms with van der Waals surface area (Å²) in [5.41, 5.74) is 1.68. The van der Waals surface area contributed by atoms with E-state index >= 15 is 0 Å². The van der Waals surface area contributed by atoms with E-state index in [1.165, 1.54) is 12.1 Å². The zero-order valence-electron chi connectivity index (χ0n) is 11.2. The van der Waals surface area contributed by atoms with Gasteiger partial charge in [-0.25, -0.2) is 4.79 Å². The maximum atomic E-state index is 11.8. The molecule has 4 nitrogen and oxygen atoms in total. The Labute approximate surface area is 127 Å². The molecule has 0 bridgehead atoms. The molecule has 21 heavy (non-hydrogen) atoms. The third kappa shape index (κ3) is 4.33. The lowest BCUT2D eigenvalue weighted by Crippen LogP contribution is -2.12. The maximum absolute atomic E-state index is 11.8. The number of aryl methyl sites for hydroxylation is 1. The SMILES string of the molecule is O=C(CCc1ccccc1Cl)Nc1ccc(C(=O)O)cc1. The smallest absolute Gasteiger partial charge is 0.335 e. The van der Waals surface area contributed by atoms with Crippen LogP contribution in [0, 0.1) is 0 Å². The van der Waals surface area contributed by atoms with Gasteiger partial charge in [-0.1, -0.05) is 29.8 Å². The minimum atomic E-state index is -0.994. The monoisotopic (exact) mass is 303 g/mol. The van der Waals surface area contributed by atoms with Gasteiger partial charge in [0.15, 0.2) is 0 Å². The first-order valence-corrected chi connectivity index (χ1v) is 6.80. The number of hydrogen-bond acceptors (Lipinski definition) is 2. The summed E-state index contributed by atoms with van der Waals surface area (Å²) in [5.74, 6) is -1.13. The van der Waals surface area contributed by atoms with Gasteiger partial charge in [-0.05, 0) is 42.3 Å². The number of aromatic carboxylic acids is 1. The summed E-state index contributed by atoms with van der Waals surface area (Å²) in [7, 11) is 0. The van der Waals surface area contributed by atoms with Crippen LogP contribution in [0.25, 0.3) is 0 Å². The van der Waals surface area contributed by atoms with Crippen molar-refractivity contribution in [1.29, 1.82) is 0 Å². The van der Waals surface area contributed by atoms with Gasteiger partial charge < -0.3 is 10.4 Å². The molecule has 0 saturated heterocycles. The highest BCUT2D eigenvalue weighted by Crippen LogP contribution is 2.17. The molecule has 0 aliphatic rings. The number of carboxylic acid groups (broad SMARTS) is 1. The topological polar surface area (TPSA) is 66.4 Å². The second-order valence-corrected chi connectivity index (χ2v) is 4.93. The van der Waals surface area contributed by atoms with Crippen LogP contribution in [0.2, 0.25) is 5.02 Å². The predicted octanol–water partition coefficient (Wildman–Crippen LogP) is 3.61. The molecule has 0 aliphatic heterocycles. The van der Waals surface area contributed by atoms with E-state index in [0.29, 0.717) is 23.6 Å². The van der Waals surface area contributed by atoms with E-state index in [-0.39, 0.29) is 11.5 Å². The number of amides is 1. The second kappa shape index (κ2) is 6.90. The Hall–Kier alpha value is -2.33. The third-order valence-electron chi connectivity index (χ3n) is 2.99. The first kappa shape index (κ1) is 15.1. The highest BCUT2D eigenvalue weighted by atomic mass is 35.5. The van der Waals surface area contributed by atoms with Crippen molar-refractivity contribution in [2.45, 2.75) is 12.8 Å². The van der Waals surface area contributed by atoms with Crippen LogP contribution in [-0.4, -0.2) is 17.0 Å². The third-order valence-corrected chi connectivity index (χ3v) is 3.36. The minimum Gasteiger partial charge on any atom is -0.478 e. The molecule has 0 atom stereocenters. The van der Waals surface area contributed by atoms with Crippen molar-refractivity contribution in [1.82, 2.24) is 0 Å². The quantitative estimate of drug-likeness (QED) is 0.886. The molecule has 1 amide bonds. The fourth-order valence-electron chi connectivity index (χ4n) is 1.87. The number of benzene rings is 2. The highest BCUT2D eigenvalue weighted by molar-refractivity contribution is 6.31. The molecule has 0 aromatic heterocycles. The molecule has 108 valence electrons. The maximum Gasteiger partial charge on any atom is 0.335 e. The zero-order valence-corrected chi connectivity index (χ0v) is 11.9. The molecule has 5 heteroatoms. The predicted molar refractivity (Wildman–Crippen MR) is 81.8 cm³/mol. The van der Waals surface area contributed by atoms with Crippen LogP contribution < -0.4 is 5.32 Å². The molecule has 0 fully saturated rings. The Morgan fingerprint density at radius 2 is 1.71 bits per heavy atom. The van der Waals surface area contributed by atoms with Gasteiger partial charge in [0.1, 0.15) is 0 Å². The molecule has 2 N–H and O–H groups in total. The molecule has 0 radical (unpaired) electrons. The summed E-state index contributed by atoms with van der Waals surface area (Å²) in [4.78, 5) is 22.6. The normalized spacial score (nSPS) is 10.1. The summed E-state index contributed by atoms with van der Waals surface area (Å²) in [6, 6.07) is 13.4. The van der Waals surface area contributed by atoms with Crippen molar-refractivity contribution in [3.05, 3.63) is 64.7 Å². The van der Waals surface area contributed by atoms with Gasteiger partial charge in [0, 0.05) is 17.1 Å². The van der Waals surface area contributed by atoms with Crippen LogP contribution in [0.1, 0.15) is 22.3 Å². The fraction of sp³-hybridized carbons (Fsp3) is 0.125. The Bertz CT molecular complexity index is 653. The summed E-state index contributed by atoms with van der Waals surface area (Å²) >= 11 is 6.03. The molecule has 0 heterocycles. The number of carboxylic acids is 1. The van der Waals surface area contributed by atoms with Crippen molar-refractivity contribution in [2.75, 3.05) is 5.32 Å². The van der Waals surface area contributed by atoms with E-state index in [1.54, 1.807) is 18.2 Å². The molecule has 2 aromatic rings. The van der Waals surface area contributed by atoms with Gasteiger partial charge in [-0.2, -0.15) is 0 Å². The molecule has 0 unspecified atom stereocenters. The first-order valence-electron chi connectivity index (χ1n) is 6.43. The molecule has 2 aromatic carbocycles. The van der Waals surface area contributed by atoms with Gasteiger partial charge in [0.25, 0.3) is 0 Å². The Morgan fingerprint density at radius 1 is 1.05 bits per heavy atom. The van der Waals surface area contributed by atoms with Crippen LogP contribution in [0.5, 0.6) is 0 Å². The van der Waals surface area contributed by atoms with E-state index in [2.05, 4.69) is 5.32 Å². The van der Waals surface area contributed by atoms with Gasteiger partial charge in [0.05, 0.1) is 5.56 Å². The van der Waals surface area contributed by atoms with Gasteiger partial charge in [-0.15, -0.1) is 0 Å². The number of halogens is 1. The largest absolute Gasteiger partial charge is 0.478 e. The number of rotatable bonds is 5. The lowest BCUT2D eigenvalue weighted by Gasteiger charge is -2.06. The fourth-order valence-corrected chi connectivity index (χ4v) is 2.10. The number of hydrogen-bond donors (Lipinski definition) is 2. The van der Waals surface area contributed by atoms with E-state index in [9.17, 15) is 9.59 Å². The van der Waals surface area contributed by atoms with Crippen LogP contribution >= 0.6 is 11.6 Å². The van der Waals surface area contributed by atoms with E-state index in [0.717, 1.165) is 5.56 Å². The van der Waals surface area contributed by atoms with E-state index < -0.39 is 5.97 Å². The van der Waals surface area contributed by atoms with E-state index in [1.807, 2.05) is 18.2 Å². The number of carbonyl (C=O) groups is 2. The van der Waals surface area contributed by atoms with Crippen molar-refractivity contribution in [3.8, 4) is 0 Å². The standard InChI is InChI=1S/C16H14ClNO3/c17-14-4-2-1-3-11(14)7-10-15(19)18-13-8-5-12(6-9-13)16(20)21/h1-6,8-9H,7,10H2,(H,18,19)(H,20,21). The second-order valence-electron chi connectivity index (χ2n) is 4.52. The lowest BCUT2D eigenvalue weighted by atomic mass is 10.1. The lowest BCUT2D eigenvalue weighted by molar-refractivity contribution is -0.116. The van der Waals surface area contributed by atoms with Crippen molar-refractivity contribution >= 4 is 29.2 Å². The van der Waals surface area contributed by atoms with Gasteiger partial charge >= 0.3 is 5.97 Å². The van der Waals surface area contributed by atoms with Crippen molar-refractivity contribution in [3.63, 3.8) is 0 Å². The van der Waals surface area contributed by atoms with Crippen molar-refractivity contribution in [2.24, 2.45) is 0 Å². The molecular weight excluding hydrogens is 290 g/mol. The summed E-state index contributed by atoms with van der Waals surface area (Å²) < 4.78 is 0. The van der Waals surface area contributed by atoms with E-state index in [4.69, 9.17) is 16.7 Å². The van der Waals surface area contributed by atoms with Crippen LogP contribution in [0.3, 0.4) is 0 Å². The Morgan fingerprint density at radius 3 is 2.33 bits per heavy atom. The number of anilines is 1. The van der Waals surface area contributed by atoms with Crippen LogP contribution in [0.4, 0.5) is 5.69 Å². The Balaban J connectivity index is 1.90. The summed E-state index contributed by atoms with van der Waals surface area (Å²) in [6.45, 7) is 0. The molecule has 0 spiro atoms. The van der Waals surface area contributed by atoms with Gasteiger partial charge in [0.2, 0.25) is 5.91 Å². The van der Waals surface area contributed by atoms with Gasteiger partial charge in [-0.3, -0.25) is 4.79 Å². The molecule has 0 saturated carbocycles. The Kier molecular flexibility index (Phi) is 4.95. The average Bonchev–Trinajstić information content (AvgIpc) is 2.47. The molecular formula is C16H14ClNO3. The molecule has 0 aliphatic carbocycles. The minimum absolute atomic E-state index is 0.141. The number of carbonyl (C=O) groups excluding carboxylic acids is 1. The highest BCUT2D eigenvalue weighted by Gasteiger charge is 2.06. The first-order chi connectivity index (χ1) is 10.1. The molecule has 2 rings (SSSR count). The van der Waals surface area contributed by atoms with Crippen LogP contribution in [0.15, 0.2) is 48.5 Å². The van der Waals surface area contributed by atoms with Crippen molar-refractivity contribution < 1.29 is 14.7 Å². The summed E-state index contributed by atoms with van der Waals surface area (Å²) in [5, 5.41) is 12.2. The average molecular weight is 304 g/mol. The number of nitrogens with one attached hydrogen (secondary N) is 1. The summed E-state index contributed by atoms with van der Waals surface area (Å²) in [6.07, 6.45) is 0.864. The zero-order chi connectivity index (χ0) is 15.2. The van der Waals surface area contributed by atoms with Crippen LogP contribution in [-0.2, 0) is 11.2 Å².